The first-order valence-corrected chi connectivity index (χ1v) is 7.90. The van der Waals surface area contributed by atoms with Crippen LogP contribution in [0.25, 0.3) is 0 Å². The van der Waals surface area contributed by atoms with Gasteiger partial charge in [-0.1, -0.05) is 11.6 Å². The number of nitrogens with zero attached hydrogens (tertiary/aromatic N) is 3. The van der Waals surface area contributed by atoms with E-state index in [0.717, 1.165) is 11.3 Å². The number of pyridine rings is 3. The highest BCUT2D eigenvalue weighted by molar-refractivity contribution is 6.29. The number of nitrogen functional groups attached to an aromatic ring is 3. The fourth-order valence-corrected chi connectivity index (χ4v) is 1.93. The third-order valence-electron chi connectivity index (χ3n) is 2.80. The normalized spacial score (nSPS) is 9.28. The summed E-state index contributed by atoms with van der Waals surface area (Å²) < 4.78 is 0. The summed E-state index contributed by atoms with van der Waals surface area (Å²) in [4.78, 5) is 11.5. The van der Waals surface area contributed by atoms with Crippen LogP contribution in [-0.2, 0) is 0 Å². The van der Waals surface area contributed by atoms with Crippen molar-refractivity contribution in [2.45, 2.75) is 20.8 Å². The van der Waals surface area contributed by atoms with Gasteiger partial charge >= 0.3 is 0 Å². The molecule has 0 saturated carbocycles. The standard InChI is InChI=1S/C7H10N2.C6H8N2.C5H5ClN2/c1-5-3-6(2)9-7(8)4-5;1-5-2-3-8-6(7)4-5;6-5-2-1-4(7)3-8-5/h3-4H,1-2H3,(H2,8,9);2-4H,1H3,(H2,7,8);1-3H,7H2. The summed E-state index contributed by atoms with van der Waals surface area (Å²) in [6.45, 7) is 5.92. The number of rotatable bonds is 0. The SMILES string of the molecule is Cc1cc(C)nc(N)c1.Cc1ccnc(N)c1.Nc1ccc(Cl)nc1. The minimum Gasteiger partial charge on any atom is -0.397 e. The molecule has 0 aliphatic heterocycles. The van der Waals surface area contributed by atoms with Gasteiger partial charge in [0.15, 0.2) is 0 Å². The molecule has 3 heterocycles. The summed E-state index contributed by atoms with van der Waals surface area (Å²) in [6.07, 6.45) is 3.22. The van der Waals surface area contributed by atoms with E-state index >= 15 is 0 Å². The number of aryl methyl sites for hydroxylation is 3. The molecule has 0 spiro atoms. The lowest BCUT2D eigenvalue weighted by Crippen LogP contribution is -1.92. The van der Waals surface area contributed by atoms with Crippen molar-refractivity contribution in [1.29, 1.82) is 0 Å². The second-order valence-corrected chi connectivity index (χ2v) is 5.77. The van der Waals surface area contributed by atoms with E-state index < -0.39 is 0 Å². The second-order valence-electron chi connectivity index (χ2n) is 5.38. The van der Waals surface area contributed by atoms with Gasteiger partial charge in [0, 0.05) is 11.9 Å². The number of aromatic nitrogens is 3. The van der Waals surface area contributed by atoms with Crippen LogP contribution in [0, 0.1) is 20.8 Å². The van der Waals surface area contributed by atoms with E-state index in [2.05, 4.69) is 15.0 Å². The predicted octanol–water partition coefficient (Wildman–Crippen LogP) is 3.57. The van der Waals surface area contributed by atoms with Gasteiger partial charge in [-0.15, -0.1) is 0 Å². The monoisotopic (exact) mass is 358 g/mol. The molecule has 3 aromatic rings. The lowest BCUT2D eigenvalue weighted by molar-refractivity contribution is 1.19. The first-order valence-electron chi connectivity index (χ1n) is 7.52. The van der Waals surface area contributed by atoms with Crippen molar-refractivity contribution < 1.29 is 0 Å². The van der Waals surface area contributed by atoms with E-state index in [9.17, 15) is 0 Å². The van der Waals surface area contributed by atoms with Gasteiger partial charge < -0.3 is 17.2 Å². The molecule has 0 saturated heterocycles. The molecule has 0 atom stereocenters. The molecule has 0 aliphatic rings. The van der Waals surface area contributed by atoms with Gasteiger partial charge in [0.25, 0.3) is 0 Å². The summed E-state index contributed by atoms with van der Waals surface area (Å²) in [6, 6.07) is 11.0. The summed E-state index contributed by atoms with van der Waals surface area (Å²) in [5.41, 5.74) is 20.0. The maximum absolute atomic E-state index is 5.45. The van der Waals surface area contributed by atoms with Crippen molar-refractivity contribution in [3.63, 3.8) is 0 Å². The van der Waals surface area contributed by atoms with Crippen LogP contribution >= 0.6 is 11.6 Å². The Morgan fingerprint density at radius 2 is 1.48 bits per heavy atom. The van der Waals surface area contributed by atoms with Gasteiger partial charge in [0.1, 0.15) is 16.8 Å². The highest BCUT2D eigenvalue weighted by Gasteiger charge is 1.89. The van der Waals surface area contributed by atoms with Gasteiger partial charge in [-0.05, 0) is 68.3 Å². The Morgan fingerprint density at radius 3 is 1.88 bits per heavy atom. The second kappa shape index (κ2) is 10.1. The molecular weight excluding hydrogens is 336 g/mol. The summed E-state index contributed by atoms with van der Waals surface area (Å²) in [7, 11) is 0. The smallest absolute Gasteiger partial charge is 0.129 e. The zero-order valence-corrected chi connectivity index (χ0v) is 15.3. The van der Waals surface area contributed by atoms with Crippen LogP contribution in [0.15, 0.2) is 48.8 Å². The topological polar surface area (TPSA) is 117 Å². The van der Waals surface area contributed by atoms with E-state index in [1.54, 1.807) is 18.3 Å². The van der Waals surface area contributed by atoms with Crippen molar-refractivity contribution >= 4 is 28.9 Å². The Bertz CT molecular complexity index is 701. The van der Waals surface area contributed by atoms with E-state index in [1.165, 1.54) is 11.8 Å². The van der Waals surface area contributed by atoms with Gasteiger partial charge in [0.05, 0.1) is 11.9 Å². The third kappa shape index (κ3) is 9.12. The molecule has 0 bridgehead atoms. The van der Waals surface area contributed by atoms with Gasteiger partial charge in [0.2, 0.25) is 0 Å². The van der Waals surface area contributed by atoms with Crippen molar-refractivity contribution in [2.24, 2.45) is 0 Å². The minimum absolute atomic E-state index is 0.471. The molecule has 0 aliphatic carbocycles. The van der Waals surface area contributed by atoms with Crippen molar-refractivity contribution in [2.75, 3.05) is 17.2 Å². The fraction of sp³-hybridized carbons (Fsp3) is 0.167. The fourth-order valence-electron chi connectivity index (χ4n) is 1.82. The predicted molar refractivity (Wildman–Crippen MR) is 105 cm³/mol. The zero-order chi connectivity index (χ0) is 18.8. The molecule has 0 aromatic carbocycles. The summed E-state index contributed by atoms with van der Waals surface area (Å²) in [5.74, 6) is 1.19. The van der Waals surface area contributed by atoms with E-state index in [4.69, 9.17) is 28.8 Å². The third-order valence-corrected chi connectivity index (χ3v) is 3.03. The van der Waals surface area contributed by atoms with Crippen LogP contribution in [0.3, 0.4) is 0 Å². The maximum Gasteiger partial charge on any atom is 0.129 e. The molecule has 0 amide bonds. The van der Waals surface area contributed by atoms with Gasteiger partial charge in [-0.3, -0.25) is 0 Å². The molecule has 132 valence electrons. The average Bonchev–Trinajstić information content (AvgIpc) is 2.50. The molecule has 3 rings (SSSR count). The van der Waals surface area contributed by atoms with Crippen molar-refractivity contribution in [1.82, 2.24) is 15.0 Å². The number of hydrogen-bond acceptors (Lipinski definition) is 6. The van der Waals surface area contributed by atoms with E-state index in [-0.39, 0.29) is 0 Å². The van der Waals surface area contributed by atoms with Gasteiger partial charge in [-0.25, -0.2) is 15.0 Å². The Kier molecular flexibility index (Phi) is 8.15. The van der Waals surface area contributed by atoms with Crippen LogP contribution in [0.1, 0.15) is 16.8 Å². The maximum atomic E-state index is 5.45. The van der Waals surface area contributed by atoms with Crippen molar-refractivity contribution in [3.8, 4) is 0 Å². The number of nitrogens with two attached hydrogens (primary N) is 3. The summed E-state index contributed by atoms with van der Waals surface area (Å²) in [5, 5.41) is 0.471. The molecule has 6 N–H and O–H groups in total. The largest absolute Gasteiger partial charge is 0.397 e. The molecule has 7 heteroatoms. The van der Waals surface area contributed by atoms with Crippen LogP contribution in [0.4, 0.5) is 17.3 Å². The number of anilines is 3. The van der Waals surface area contributed by atoms with Crippen molar-refractivity contribution in [3.05, 3.63) is 70.8 Å². The Morgan fingerprint density at radius 1 is 0.800 bits per heavy atom. The van der Waals surface area contributed by atoms with E-state index in [1.807, 2.05) is 45.0 Å². The molecule has 0 fully saturated rings. The summed E-state index contributed by atoms with van der Waals surface area (Å²) >= 11 is 5.44. The Balaban J connectivity index is 0.000000188. The molecule has 0 unspecified atom stereocenters. The zero-order valence-electron chi connectivity index (χ0n) is 14.6. The first-order chi connectivity index (χ1) is 11.8. The lowest BCUT2D eigenvalue weighted by atomic mass is 10.2. The highest BCUT2D eigenvalue weighted by Crippen LogP contribution is 2.05. The minimum atomic E-state index is 0.471. The average molecular weight is 359 g/mol. The highest BCUT2D eigenvalue weighted by atomic mass is 35.5. The Labute approximate surface area is 153 Å². The lowest BCUT2D eigenvalue weighted by Gasteiger charge is -1.96. The van der Waals surface area contributed by atoms with Crippen LogP contribution in [0.5, 0.6) is 0 Å². The molecule has 25 heavy (non-hydrogen) atoms. The quantitative estimate of drug-likeness (QED) is 0.529. The molecule has 3 aromatic heterocycles. The van der Waals surface area contributed by atoms with Gasteiger partial charge in [-0.2, -0.15) is 0 Å². The van der Waals surface area contributed by atoms with Crippen LogP contribution in [-0.4, -0.2) is 15.0 Å². The molecular formula is C18H23ClN6. The van der Waals surface area contributed by atoms with Crippen LogP contribution in [0.2, 0.25) is 5.15 Å². The Hall–Kier alpha value is -2.86. The number of hydrogen-bond donors (Lipinski definition) is 3. The molecule has 6 nitrogen and oxygen atoms in total. The van der Waals surface area contributed by atoms with E-state index in [0.29, 0.717) is 22.5 Å². The van der Waals surface area contributed by atoms with Crippen LogP contribution < -0.4 is 17.2 Å². The first kappa shape index (κ1) is 20.2. The number of halogens is 1. The molecule has 0 radical (unpaired) electrons.